The fourth-order valence-corrected chi connectivity index (χ4v) is 2.62. The van der Waals surface area contributed by atoms with E-state index < -0.39 is 10.8 Å². The second-order valence-corrected chi connectivity index (χ2v) is 5.81. The Morgan fingerprint density at radius 2 is 1.40 bits per heavy atom. The Hall–Kier alpha value is 0.110. The zero-order valence-electron chi connectivity index (χ0n) is 10.2. The van der Waals surface area contributed by atoms with Crippen molar-refractivity contribution in [2.75, 3.05) is 18.1 Å². The lowest BCUT2D eigenvalue weighted by atomic mass is 10.1. The third kappa shape index (κ3) is 12.0. The molecule has 0 amide bonds. The first kappa shape index (κ1) is 15.1. The molecule has 0 spiro atoms. The molecule has 0 aliphatic rings. The van der Waals surface area contributed by atoms with E-state index in [0.717, 1.165) is 12.2 Å². The molecule has 0 aromatic heterocycles. The smallest absolute Gasteiger partial charge is 0.0357 e. The molecule has 92 valence electrons. The molecule has 0 saturated heterocycles. The topological polar surface area (TPSA) is 43.1 Å². The predicted octanol–water partition coefficient (Wildman–Crippen LogP) is 2.83. The van der Waals surface area contributed by atoms with E-state index in [9.17, 15) is 4.21 Å². The number of nitrogens with two attached hydrogens (primary N) is 1. The van der Waals surface area contributed by atoms with Crippen LogP contribution in [0.1, 0.15) is 58.3 Å². The van der Waals surface area contributed by atoms with Gasteiger partial charge in [-0.2, -0.15) is 0 Å². The number of hydrogen-bond acceptors (Lipinski definition) is 2. The molecule has 0 heterocycles. The highest BCUT2D eigenvalue weighted by atomic mass is 32.2. The van der Waals surface area contributed by atoms with E-state index in [0.29, 0.717) is 12.3 Å². The summed E-state index contributed by atoms with van der Waals surface area (Å²) in [6.45, 7) is 2.80. The second kappa shape index (κ2) is 12.2. The van der Waals surface area contributed by atoms with Crippen molar-refractivity contribution in [3.8, 4) is 0 Å². The van der Waals surface area contributed by atoms with E-state index in [1.54, 1.807) is 0 Å². The van der Waals surface area contributed by atoms with Gasteiger partial charge in [-0.25, -0.2) is 0 Å². The lowest BCUT2D eigenvalue weighted by Crippen LogP contribution is -2.12. The summed E-state index contributed by atoms with van der Waals surface area (Å²) in [7, 11) is -0.655. The zero-order valence-corrected chi connectivity index (χ0v) is 11.0. The molecule has 0 saturated carbocycles. The van der Waals surface area contributed by atoms with Crippen LogP contribution < -0.4 is 5.73 Å². The third-order valence-corrected chi connectivity index (χ3v) is 4.01. The van der Waals surface area contributed by atoms with Crippen molar-refractivity contribution in [1.82, 2.24) is 0 Å². The normalized spacial score (nSPS) is 12.9. The van der Waals surface area contributed by atoms with Crippen molar-refractivity contribution in [2.45, 2.75) is 58.3 Å². The fraction of sp³-hybridized carbons (Fsp3) is 1.00. The van der Waals surface area contributed by atoms with Gasteiger partial charge < -0.3 is 5.73 Å². The lowest BCUT2D eigenvalue weighted by Gasteiger charge is -2.01. The maximum Gasteiger partial charge on any atom is 0.0357 e. The number of hydrogen-bond donors (Lipinski definition) is 1. The van der Waals surface area contributed by atoms with E-state index in [1.807, 2.05) is 0 Å². The number of unbranched alkanes of at least 4 members (excludes halogenated alkanes) is 7. The largest absolute Gasteiger partial charge is 0.330 e. The van der Waals surface area contributed by atoms with Crippen LogP contribution >= 0.6 is 0 Å². The van der Waals surface area contributed by atoms with Crippen LogP contribution in [0.15, 0.2) is 0 Å². The molecule has 0 fully saturated rings. The molecule has 0 bridgehead atoms. The zero-order chi connectivity index (χ0) is 11.4. The Morgan fingerprint density at radius 1 is 0.867 bits per heavy atom. The average Bonchev–Trinajstić information content (AvgIpc) is 2.22. The summed E-state index contributed by atoms with van der Waals surface area (Å²) in [5.74, 6) is 1.53. The first-order chi connectivity index (χ1) is 7.31. The van der Waals surface area contributed by atoms with Gasteiger partial charge in [0.2, 0.25) is 0 Å². The van der Waals surface area contributed by atoms with Crippen LogP contribution in [0.3, 0.4) is 0 Å². The van der Waals surface area contributed by atoms with Crippen LogP contribution in [0.2, 0.25) is 0 Å². The Bertz CT molecular complexity index is 151. The summed E-state index contributed by atoms with van der Waals surface area (Å²) in [5, 5.41) is 0. The monoisotopic (exact) mass is 233 g/mol. The standard InChI is InChI=1S/C12H27NOS/c1-2-3-4-5-6-7-8-9-11-15(14)12-10-13/h2-13H2,1H3. The van der Waals surface area contributed by atoms with Crippen LogP contribution in [0.4, 0.5) is 0 Å². The maximum absolute atomic E-state index is 11.2. The highest BCUT2D eigenvalue weighted by Gasteiger charge is 1.97. The molecule has 2 N–H and O–H groups in total. The van der Waals surface area contributed by atoms with Crippen LogP contribution in [-0.4, -0.2) is 22.3 Å². The van der Waals surface area contributed by atoms with Gasteiger partial charge in [-0.15, -0.1) is 0 Å². The van der Waals surface area contributed by atoms with E-state index in [2.05, 4.69) is 6.92 Å². The summed E-state index contributed by atoms with van der Waals surface area (Å²) < 4.78 is 11.2. The molecule has 0 rings (SSSR count). The number of rotatable bonds is 11. The third-order valence-electron chi connectivity index (χ3n) is 2.57. The minimum Gasteiger partial charge on any atom is -0.330 e. The van der Waals surface area contributed by atoms with Crippen molar-refractivity contribution in [2.24, 2.45) is 5.73 Å². The molecule has 3 heteroatoms. The lowest BCUT2D eigenvalue weighted by molar-refractivity contribution is 0.584. The van der Waals surface area contributed by atoms with Gasteiger partial charge in [0.25, 0.3) is 0 Å². The van der Waals surface area contributed by atoms with Crippen molar-refractivity contribution in [1.29, 1.82) is 0 Å². The van der Waals surface area contributed by atoms with Gasteiger partial charge in [0.15, 0.2) is 0 Å². The van der Waals surface area contributed by atoms with Gasteiger partial charge in [0, 0.05) is 28.9 Å². The molecule has 0 radical (unpaired) electrons. The van der Waals surface area contributed by atoms with E-state index in [-0.39, 0.29) is 0 Å². The van der Waals surface area contributed by atoms with E-state index in [4.69, 9.17) is 5.73 Å². The van der Waals surface area contributed by atoms with Gasteiger partial charge in [0.05, 0.1) is 0 Å². The van der Waals surface area contributed by atoms with Crippen molar-refractivity contribution >= 4 is 10.8 Å². The minimum absolute atomic E-state index is 0.559. The first-order valence-electron chi connectivity index (χ1n) is 6.36. The van der Waals surface area contributed by atoms with Crippen LogP contribution in [0, 0.1) is 0 Å². The van der Waals surface area contributed by atoms with Crippen LogP contribution in [-0.2, 0) is 10.8 Å². The molecule has 0 aliphatic heterocycles. The summed E-state index contributed by atoms with van der Waals surface area (Å²) in [6, 6.07) is 0. The first-order valence-corrected chi connectivity index (χ1v) is 7.85. The molecule has 1 unspecified atom stereocenters. The fourth-order valence-electron chi connectivity index (χ4n) is 1.63. The SMILES string of the molecule is CCCCCCCCCCS(=O)CCN. The van der Waals surface area contributed by atoms with Gasteiger partial charge in [-0.05, 0) is 6.42 Å². The average molecular weight is 233 g/mol. The van der Waals surface area contributed by atoms with Gasteiger partial charge in [-0.3, -0.25) is 4.21 Å². The maximum atomic E-state index is 11.2. The molecular formula is C12H27NOS. The Balaban J connectivity index is 3.01. The minimum atomic E-state index is -0.655. The molecule has 15 heavy (non-hydrogen) atoms. The van der Waals surface area contributed by atoms with Crippen molar-refractivity contribution in [3.05, 3.63) is 0 Å². The molecule has 0 aliphatic carbocycles. The Kier molecular flexibility index (Phi) is 12.3. The molecule has 0 aromatic carbocycles. The van der Waals surface area contributed by atoms with E-state index >= 15 is 0 Å². The summed E-state index contributed by atoms with van der Waals surface area (Å²) in [6.07, 6.45) is 10.5. The van der Waals surface area contributed by atoms with Crippen molar-refractivity contribution in [3.63, 3.8) is 0 Å². The quantitative estimate of drug-likeness (QED) is 0.558. The van der Waals surface area contributed by atoms with Crippen LogP contribution in [0.5, 0.6) is 0 Å². The molecule has 0 aromatic rings. The second-order valence-electron chi connectivity index (χ2n) is 4.11. The van der Waals surface area contributed by atoms with Gasteiger partial charge >= 0.3 is 0 Å². The highest BCUT2D eigenvalue weighted by molar-refractivity contribution is 7.84. The molecule has 2 nitrogen and oxygen atoms in total. The summed E-state index contributed by atoms with van der Waals surface area (Å²) in [4.78, 5) is 0. The summed E-state index contributed by atoms with van der Waals surface area (Å²) >= 11 is 0. The Labute approximate surface area is 97.5 Å². The van der Waals surface area contributed by atoms with E-state index in [1.165, 1.54) is 44.9 Å². The van der Waals surface area contributed by atoms with Crippen LogP contribution in [0.25, 0.3) is 0 Å². The Morgan fingerprint density at radius 3 is 1.93 bits per heavy atom. The van der Waals surface area contributed by atoms with Gasteiger partial charge in [0.1, 0.15) is 0 Å². The molecule has 1 atom stereocenters. The van der Waals surface area contributed by atoms with Crippen molar-refractivity contribution < 1.29 is 4.21 Å². The molecular weight excluding hydrogens is 206 g/mol. The highest BCUT2D eigenvalue weighted by Crippen LogP contribution is 2.08. The van der Waals surface area contributed by atoms with Gasteiger partial charge in [-0.1, -0.05) is 51.9 Å². The summed E-state index contributed by atoms with van der Waals surface area (Å²) in [5.41, 5.74) is 5.33. The predicted molar refractivity (Wildman–Crippen MR) is 69.5 cm³/mol.